The van der Waals surface area contributed by atoms with Crippen LogP contribution in [0.1, 0.15) is 22.3 Å². The fourth-order valence-electron chi connectivity index (χ4n) is 0.784. The van der Waals surface area contributed by atoms with Gasteiger partial charge in [0.25, 0.3) is 6.43 Å². The van der Waals surface area contributed by atoms with Gasteiger partial charge in [-0.15, -0.1) is 0 Å². The quantitative estimate of drug-likeness (QED) is 0.572. The van der Waals surface area contributed by atoms with Crippen molar-refractivity contribution in [3.05, 3.63) is 27.5 Å². The second-order valence-corrected chi connectivity index (χ2v) is 2.89. The molecular formula is C7H3Cl2F2NO. The maximum Gasteiger partial charge on any atom is 0.266 e. The molecule has 0 unspecified atom stereocenters. The van der Waals surface area contributed by atoms with E-state index in [1.54, 1.807) is 0 Å². The Kier molecular flexibility index (Phi) is 3.17. The van der Waals surface area contributed by atoms with E-state index in [0.29, 0.717) is 0 Å². The van der Waals surface area contributed by atoms with Crippen molar-refractivity contribution < 1.29 is 13.6 Å². The molecule has 0 spiro atoms. The van der Waals surface area contributed by atoms with Gasteiger partial charge in [-0.3, -0.25) is 4.79 Å². The monoisotopic (exact) mass is 225 g/mol. The Hall–Kier alpha value is -0.740. The summed E-state index contributed by atoms with van der Waals surface area (Å²) in [5.74, 6) is 0. The van der Waals surface area contributed by atoms with E-state index in [0.717, 1.165) is 6.20 Å². The summed E-state index contributed by atoms with van der Waals surface area (Å²) in [5.41, 5.74) is -0.818. The molecular weight excluding hydrogens is 223 g/mol. The van der Waals surface area contributed by atoms with Gasteiger partial charge in [-0.1, -0.05) is 23.2 Å². The minimum absolute atomic E-state index is 0.159. The second kappa shape index (κ2) is 3.98. The molecule has 0 N–H and O–H groups in total. The van der Waals surface area contributed by atoms with E-state index < -0.39 is 12.0 Å². The molecule has 0 saturated carbocycles. The van der Waals surface area contributed by atoms with Crippen LogP contribution < -0.4 is 0 Å². The number of aromatic nitrogens is 1. The van der Waals surface area contributed by atoms with Crippen LogP contribution in [-0.2, 0) is 0 Å². The molecule has 0 aromatic carbocycles. The van der Waals surface area contributed by atoms with Crippen molar-refractivity contribution in [2.75, 3.05) is 0 Å². The number of nitrogens with zero attached hydrogens (tertiary/aromatic N) is 1. The lowest BCUT2D eigenvalue weighted by Gasteiger charge is -2.04. The van der Waals surface area contributed by atoms with E-state index >= 15 is 0 Å². The third kappa shape index (κ3) is 1.95. The van der Waals surface area contributed by atoms with E-state index in [9.17, 15) is 13.6 Å². The molecule has 13 heavy (non-hydrogen) atoms. The summed E-state index contributed by atoms with van der Waals surface area (Å²) in [6.45, 7) is 0. The van der Waals surface area contributed by atoms with E-state index in [1.807, 2.05) is 0 Å². The van der Waals surface area contributed by atoms with Crippen molar-refractivity contribution in [3.63, 3.8) is 0 Å². The zero-order chi connectivity index (χ0) is 10.0. The second-order valence-electron chi connectivity index (χ2n) is 2.15. The summed E-state index contributed by atoms with van der Waals surface area (Å²) in [6.07, 6.45) is -1.72. The average Bonchev–Trinajstić information content (AvgIpc) is 2.09. The van der Waals surface area contributed by atoms with Crippen molar-refractivity contribution in [2.45, 2.75) is 6.43 Å². The summed E-state index contributed by atoms with van der Waals surface area (Å²) in [5, 5.41) is -0.400. The Morgan fingerprint density at radius 2 is 2.08 bits per heavy atom. The van der Waals surface area contributed by atoms with Crippen LogP contribution in [0.4, 0.5) is 8.78 Å². The zero-order valence-corrected chi connectivity index (χ0v) is 7.61. The molecule has 1 heterocycles. The Morgan fingerprint density at radius 1 is 1.46 bits per heavy atom. The maximum atomic E-state index is 12.2. The number of alkyl halides is 2. The summed E-state index contributed by atoms with van der Waals surface area (Å²) < 4.78 is 24.5. The summed E-state index contributed by atoms with van der Waals surface area (Å²) in [7, 11) is 0. The molecule has 0 aliphatic rings. The first-order chi connectivity index (χ1) is 6.07. The molecule has 70 valence electrons. The van der Waals surface area contributed by atoms with Crippen molar-refractivity contribution in [1.82, 2.24) is 4.98 Å². The molecule has 0 atom stereocenters. The first-order valence-electron chi connectivity index (χ1n) is 3.15. The Labute approximate surface area is 82.5 Å². The van der Waals surface area contributed by atoms with Crippen molar-refractivity contribution in [2.24, 2.45) is 0 Å². The largest absolute Gasteiger partial charge is 0.298 e. The normalized spacial score (nSPS) is 10.5. The van der Waals surface area contributed by atoms with Crippen LogP contribution in [-0.4, -0.2) is 11.3 Å². The van der Waals surface area contributed by atoms with Crippen LogP contribution in [0.3, 0.4) is 0 Å². The van der Waals surface area contributed by atoms with Crippen LogP contribution in [0.2, 0.25) is 10.2 Å². The van der Waals surface area contributed by atoms with Gasteiger partial charge < -0.3 is 0 Å². The van der Waals surface area contributed by atoms with Crippen molar-refractivity contribution in [1.29, 1.82) is 0 Å². The van der Waals surface area contributed by atoms with E-state index in [1.165, 1.54) is 0 Å². The van der Waals surface area contributed by atoms with Gasteiger partial charge in [-0.05, 0) is 0 Å². The molecule has 0 aliphatic carbocycles. The first kappa shape index (κ1) is 10.3. The third-order valence-corrected chi connectivity index (χ3v) is 2.16. The van der Waals surface area contributed by atoms with Gasteiger partial charge in [0, 0.05) is 17.3 Å². The Balaban J connectivity index is 3.38. The van der Waals surface area contributed by atoms with Crippen LogP contribution in [0.25, 0.3) is 0 Å². The molecule has 2 nitrogen and oxygen atoms in total. The van der Waals surface area contributed by atoms with Gasteiger partial charge in [0.2, 0.25) is 0 Å². The van der Waals surface area contributed by atoms with Crippen LogP contribution in [0.15, 0.2) is 6.20 Å². The van der Waals surface area contributed by atoms with Crippen LogP contribution in [0.5, 0.6) is 0 Å². The van der Waals surface area contributed by atoms with E-state index in [2.05, 4.69) is 4.98 Å². The van der Waals surface area contributed by atoms with Gasteiger partial charge in [0.1, 0.15) is 5.15 Å². The molecule has 0 radical (unpaired) electrons. The number of pyridine rings is 1. The van der Waals surface area contributed by atoms with Gasteiger partial charge >= 0.3 is 0 Å². The highest BCUT2D eigenvalue weighted by Crippen LogP contribution is 2.30. The molecule has 0 aliphatic heterocycles. The molecule has 0 fully saturated rings. The number of hydrogen-bond donors (Lipinski definition) is 0. The number of halogens is 4. The lowest BCUT2D eigenvalue weighted by atomic mass is 10.1. The standard InChI is InChI=1S/C7H3Cl2F2NO/c8-5-4(2-13)3(7(10)11)1-12-6(5)9/h1-2,7H. The van der Waals surface area contributed by atoms with Gasteiger partial charge in [-0.25, -0.2) is 13.8 Å². The lowest BCUT2D eigenvalue weighted by Crippen LogP contribution is -1.96. The van der Waals surface area contributed by atoms with Crippen molar-refractivity contribution >= 4 is 29.5 Å². The van der Waals surface area contributed by atoms with Crippen LogP contribution in [0, 0.1) is 0 Å². The minimum atomic E-state index is -2.79. The predicted octanol–water partition coefficient (Wildman–Crippen LogP) is 3.14. The summed E-state index contributed by atoms with van der Waals surface area (Å²) in [6, 6.07) is 0. The molecule has 1 rings (SSSR count). The number of carbonyl (C=O) groups excluding carboxylic acids is 1. The van der Waals surface area contributed by atoms with Gasteiger partial charge in [0.15, 0.2) is 6.29 Å². The molecule has 1 aromatic heterocycles. The first-order valence-corrected chi connectivity index (χ1v) is 3.90. The lowest BCUT2D eigenvalue weighted by molar-refractivity contribution is 0.110. The third-order valence-electron chi connectivity index (χ3n) is 1.40. The zero-order valence-electron chi connectivity index (χ0n) is 6.10. The highest BCUT2D eigenvalue weighted by molar-refractivity contribution is 6.42. The fraction of sp³-hybridized carbons (Fsp3) is 0.143. The number of hydrogen-bond acceptors (Lipinski definition) is 2. The number of aldehydes is 1. The SMILES string of the molecule is O=Cc1c(C(F)F)cnc(Cl)c1Cl. The molecule has 1 aromatic rings. The van der Waals surface area contributed by atoms with Crippen molar-refractivity contribution in [3.8, 4) is 0 Å². The van der Waals surface area contributed by atoms with Crippen LogP contribution >= 0.6 is 23.2 Å². The van der Waals surface area contributed by atoms with E-state index in [-0.39, 0.29) is 22.0 Å². The van der Waals surface area contributed by atoms with Gasteiger partial charge in [0.05, 0.1) is 5.02 Å². The van der Waals surface area contributed by atoms with E-state index in [4.69, 9.17) is 23.2 Å². The molecule has 6 heteroatoms. The molecule has 0 bridgehead atoms. The smallest absolute Gasteiger partial charge is 0.266 e. The summed E-state index contributed by atoms with van der Waals surface area (Å²) >= 11 is 10.9. The number of rotatable bonds is 2. The van der Waals surface area contributed by atoms with Gasteiger partial charge in [-0.2, -0.15) is 0 Å². The Morgan fingerprint density at radius 3 is 2.54 bits per heavy atom. The number of carbonyl (C=O) groups is 1. The Bertz CT molecular complexity index is 344. The highest BCUT2D eigenvalue weighted by atomic mass is 35.5. The fourth-order valence-corrected chi connectivity index (χ4v) is 1.14. The maximum absolute atomic E-state index is 12.2. The molecule has 0 saturated heterocycles. The summed E-state index contributed by atoms with van der Waals surface area (Å²) in [4.78, 5) is 13.8. The predicted molar refractivity (Wildman–Crippen MR) is 44.6 cm³/mol. The topological polar surface area (TPSA) is 30.0 Å². The minimum Gasteiger partial charge on any atom is -0.298 e. The molecule has 0 amide bonds. The average molecular weight is 226 g/mol. The highest BCUT2D eigenvalue weighted by Gasteiger charge is 2.17.